The van der Waals surface area contributed by atoms with Crippen molar-refractivity contribution in [1.29, 1.82) is 0 Å². The van der Waals surface area contributed by atoms with E-state index >= 15 is 0 Å². The van der Waals surface area contributed by atoms with Crippen LogP contribution in [-0.2, 0) is 32.2 Å². The number of alkyl halides is 3. The molecular formula is C21H19F3N2O4S2. The molecule has 2 aliphatic heterocycles. The largest absolute Gasteiger partial charge is 0.460 e. The minimum atomic E-state index is -4.54. The van der Waals surface area contributed by atoms with Gasteiger partial charge in [0, 0.05) is 5.69 Å². The number of ether oxygens (including phenoxy) is 1. The lowest BCUT2D eigenvalue weighted by Gasteiger charge is -2.27. The van der Waals surface area contributed by atoms with Gasteiger partial charge < -0.3 is 9.64 Å². The van der Waals surface area contributed by atoms with Crippen LogP contribution in [-0.4, -0.2) is 48.9 Å². The molecule has 0 N–H and O–H groups in total. The predicted molar refractivity (Wildman–Crippen MR) is 116 cm³/mol. The smallest absolute Gasteiger partial charge is 0.416 e. The molecular weight excluding hydrogens is 465 g/mol. The third-order valence-electron chi connectivity index (χ3n) is 5.12. The van der Waals surface area contributed by atoms with Gasteiger partial charge in [0.15, 0.2) is 15.0 Å². The first-order chi connectivity index (χ1) is 15.1. The zero-order valence-corrected chi connectivity index (χ0v) is 18.3. The molecule has 1 saturated heterocycles. The summed E-state index contributed by atoms with van der Waals surface area (Å²) in [6, 6.07) is 12.6. The third kappa shape index (κ3) is 5.09. The standard InChI is InChI=1S/C21H19F3N2O4S2/c22-21(23,24)15-7-4-8-16(9-15)26-18-13-32(28,29)12-17(18)25-20(26)31-11-19(27)30-10-14-5-2-1-3-6-14/h1-9,17-18H,10-13H2/t17-,18+/m1/s1. The Bertz CT molecular complexity index is 1140. The van der Waals surface area contributed by atoms with Gasteiger partial charge in [-0.2, -0.15) is 13.2 Å². The maximum Gasteiger partial charge on any atom is 0.416 e. The Balaban J connectivity index is 1.50. The summed E-state index contributed by atoms with van der Waals surface area (Å²) in [6.45, 7) is 0.105. The molecule has 0 unspecified atom stereocenters. The number of nitrogens with zero attached hydrogens (tertiary/aromatic N) is 2. The van der Waals surface area contributed by atoms with Crippen LogP contribution in [0.5, 0.6) is 0 Å². The normalized spacial score (nSPS) is 21.8. The molecule has 1 fully saturated rings. The van der Waals surface area contributed by atoms with Gasteiger partial charge in [-0.1, -0.05) is 48.2 Å². The quantitative estimate of drug-likeness (QED) is 0.605. The summed E-state index contributed by atoms with van der Waals surface area (Å²) >= 11 is 1.03. The van der Waals surface area contributed by atoms with Crippen LogP contribution in [0.2, 0.25) is 0 Å². The van der Waals surface area contributed by atoms with Crippen LogP contribution < -0.4 is 4.90 Å². The van der Waals surface area contributed by atoms with E-state index in [1.807, 2.05) is 30.3 Å². The number of fused-ring (bicyclic) bond motifs is 1. The number of amidine groups is 1. The molecule has 4 rings (SSSR count). The summed E-state index contributed by atoms with van der Waals surface area (Å²) in [5.41, 5.74) is 0.175. The molecule has 2 atom stereocenters. The van der Waals surface area contributed by atoms with E-state index in [0.717, 1.165) is 29.5 Å². The van der Waals surface area contributed by atoms with Crippen molar-refractivity contribution in [1.82, 2.24) is 0 Å². The molecule has 2 aromatic carbocycles. The fourth-order valence-corrected chi connectivity index (χ4v) is 6.44. The van der Waals surface area contributed by atoms with E-state index in [1.165, 1.54) is 17.0 Å². The first kappa shape index (κ1) is 22.7. The zero-order valence-electron chi connectivity index (χ0n) is 16.7. The van der Waals surface area contributed by atoms with Crippen molar-refractivity contribution in [3.05, 3.63) is 65.7 Å². The highest BCUT2D eigenvalue weighted by Crippen LogP contribution is 2.38. The Morgan fingerprint density at radius 2 is 1.88 bits per heavy atom. The fraction of sp³-hybridized carbons (Fsp3) is 0.333. The number of carbonyl (C=O) groups excluding carboxylic acids is 1. The van der Waals surface area contributed by atoms with Crippen LogP contribution >= 0.6 is 11.8 Å². The Labute approximate surface area is 187 Å². The van der Waals surface area contributed by atoms with Crippen LogP contribution in [0.4, 0.5) is 18.9 Å². The molecule has 0 saturated carbocycles. The Hall–Kier alpha value is -2.53. The summed E-state index contributed by atoms with van der Waals surface area (Å²) in [7, 11) is -3.35. The van der Waals surface area contributed by atoms with Gasteiger partial charge >= 0.3 is 12.1 Å². The molecule has 0 spiro atoms. The maximum atomic E-state index is 13.2. The van der Waals surface area contributed by atoms with Crippen LogP contribution in [0, 0.1) is 0 Å². The number of anilines is 1. The number of sulfone groups is 1. The van der Waals surface area contributed by atoms with Gasteiger partial charge in [0.2, 0.25) is 0 Å². The number of hydrogen-bond donors (Lipinski definition) is 0. The topological polar surface area (TPSA) is 76.0 Å². The fourth-order valence-electron chi connectivity index (χ4n) is 3.67. The molecule has 0 bridgehead atoms. The Morgan fingerprint density at radius 3 is 2.59 bits per heavy atom. The molecule has 6 nitrogen and oxygen atoms in total. The van der Waals surface area contributed by atoms with E-state index in [4.69, 9.17) is 4.74 Å². The lowest BCUT2D eigenvalue weighted by molar-refractivity contribution is -0.141. The van der Waals surface area contributed by atoms with E-state index < -0.39 is 39.6 Å². The van der Waals surface area contributed by atoms with Crippen LogP contribution in [0.3, 0.4) is 0 Å². The summed E-state index contributed by atoms with van der Waals surface area (Å²) in [5, 5.41) is 0.311. The molecule has 32 heavy (non-hydrogen) atoms. The van der Waals surface area contributed by atoms with Crippen LogP contribution in [0.15, 0.2) is 59.6 Å². The zero-order chi connectivity index (χ0) is 22.9. The van der Waals surface area contributed by atoms with E-state index in [2.05, 4.69) is 4.99 Å². The summed E-state index contributed by atoms with van der Waals surface area (Å²) < 4.78 is 69.0. The van der Waals surface area contributed by atoms with Crippen LogP contribution in [0.25, 0.3) is 0 Å². The molecule has 170 valence electrons. The molecule has 0 radical (unpaired) electrons. The van der Waals surface area contributed by atoms with Crippen molar-refractivity contribution in [3.8, 4) is 0 Å². The second kappa shape index (κ2) is 8.78. The van der Waals surface area contributed by atoms with Crippen molar-refractivity contribution in [2.75, 3.05) is 22.2 Å². The number of carbonyl (C=O) groups is 1. The second-order valence-electron chi connectivity index (χ2n) is 7.48. The molecule has 0 aromatic heterocycles. The van der Waals surface area contributed by atoms with Gasteiger partial charge in [0.25, 0.3) is 0 Å². The SMILES string of the molecule is O=C(CSC1=N[C@@H]2CS(=O)(=O)C[C@@H]2N1c1cccc(C(F)(F)F)c1)OCc1ccccc1. The highest BCUT2D eigenvalue weighted by Gasteiger charge is 2.47. The van der Waals surface area contributed by atoms with E-state index in [9.17, 15) is 26.4 Å². The Kier molecular flexibility index (Phi) is 6.22. The number of hydrogen-bond acceptors (Lipinski definition) is 7. The lowest BCUT2D eigenvalue weighted by Crippen LogP contribution is -2.39. The van der Waals surface area contributed by atoms with Crippen molar-refractivity contribution in [2.45, 2.75) is 24.9 Å². The summed E-state index contributed by atoms with van der Waals surface area (Å²) in [6.07, 6.45) is -4.54. The minimum absolute atomic E-state index is 0.104. The molecule has 0 amide bonds. The first-order valence-corrected chi connectivity index (χ1v) is 12.5. The number of benzene rings is 2. The van der Waals surface area contributed by atoms with Gasteiger partial charge in [-0.15, -0.1) is 0 Å². The Morgan fingerprint density at radius 1 is 1.12 bits per heavy atom. The minimum Gasteiger partial charge on any atom is -0.460 e. The summed E-state index contributed by atoms with van der Waals surface area (Å²) in [5.74, 6) is -0.988. The van der Waals surface area contributed by atoms with E-state index in [-0.39, 0.29) is 29.6 Å². The van der Waals surface area contributed by atoms with Crippen LogP contribution in [0.1, 0.15) is 11.1 Å². The number of rotatable bonds is 5. The van der Waals surface area contributed by atoms with Gasteiger partial charge in [-0.25, -0.2) is 8.42 Å². The van der Waals surface area contributed by atoms with Gasteiger partial charge in [0.1, 0.15) is 6.61 Å². The molecule has 2 aliphatic rings. The van der Waals surface area contributed by atoms with E-state index in [0.29, 0.717) is 5.17 Å². The lowest BCUT2D eigenvalue weighted by atomic mass is 10.1. The predicted octanol–water partition coefficient (Wildman–Crippen LogP) is 3.52. The average molecular weight is 485 g/mol. The number of halogens is 3. The second-order valence-corrected chi connectivity index (χ2v) is 10.6. The van der Waals surface area contributed by atoms with Gasteiger partial charge in [-0.3, -0.25) is 9.79 Å². The highest BCUT2D eigenvalue weighted by molar-refractivity contribution is 8.14. The van der Waals surface area contributed by atoms with Crippen molar-refractivity contribution in [3.63, 3.8) is 0 Å². The molecule has 2 heterocycles. The monoisotopic (exact) mass is 484 g/mol. The molecule has 2 aromatic rings. The van der Waals surface area contributed by atoms with E-state index in [1.54, 1.807) is 0 Å². The van der Waals surface area contributed by atoms with Crippen molar-refractivity contribution >= 4 is 38.4 Å². The van der Waals surface area contributed by atoms with Crippen molar-refractivity contribution in [2.24, 2.45) is 4.99 Å². The highest BCUT2D eigenvalue weighted by atomic mass is 32.2. The van der Waals surface area contributed by atoms with Gasteiger partial charge in [0.05, 0.1) is 34.9 Å². The average Bonchev–Trinajstić information content (AvgIpc) is 3.21. The maximum absolute atomic E-state index is 13.2. The van der Waals surface area contributed by atoms with Crippen molar-refractivity contribution < 1.29 is 31.1 Å². The number of esters is 1. The summed E-state index contributed by atoms with van der Waals surface area (Å²) in [4.78, 5) is 18.1. The first-order valence-electron chi connectivity index (χ1n) is 9.69. The number of aliphatic imine (C=N–C) groups is 1. The molecule has 11 heteroatoms. The van der Waals surface area contributed by atoms with Gasteiger partial charge in [-0.05, 0) is 23.8 Å². The third-order valence-corrected chi connectivity index (χ3v) is 7.76. The molecule has 0 aliphatic carbocycles. The number of thioether (sulfide) groups is 1.